The molecular weight excluding hydrogens is 202 g/mol. The molecule has 1 saturated carbocycles. The number of carbonyl (C=O) groups is 1. The maximum absolute atomic E-state index is 11.4. The van der Waals surface area contributed by atoms with Gasteiger partial charge in [-0.2, -0.15) is 0 Å². The highest BCUT2D eigenvalue weighted by atomic mass is 16.5. The van der Waals surface area contributed by atoms with Crippen LogP contribution >= 0.6 is 0 Å². The Morgan fingerprint density at radius 2 is 2.06 bits per heavy atom. The van der Waals surface area contributed by atoms with Gasteiger partial charge in [0.25, 0.3) is 0 Å². The summed E-state index contributed by atoms with van der Waals surface area (Å²) in [6, 6.07) is 0. The summed E-state index contributed by atoms with van der Waals surface area (Å²) in [5.41, 5.74) is 0. The summed E-state index contributed by atoms with van der Waals surface area (Å²) >= 11 is 0. The van der Waals surface area contributed by atoms with E-state index in [1.807, 2.05) is 0 Å². The van der Waals surface area contributed by atoms with Gasteiger partial charge in [0.05, 0.1) is 12.5 Å². The molecule has 3 heteroatoms. The van der Waals surface area contributed by atoms with Crippen LogP contribution in [0.25, 0.3) is 0 Å². The van der Waals surface area contributed by atoms with Crippen LogP contribution < -0.4 is 5.32 Å². The molecule has 1 fully saturated rings. The van der Waals surface area contributed by atoms with Crippen LogP contribution in [0.3, 0.4) is 0 Å². The molecule has 0 spiro atoms. The van der Waals surface area contributed by atoms with Crippen LogP contribution in [-0.4, -0.2) is 25.7 Å². The van der Waals surface area contributed by atoms with Gasteiger partial charge >= 0.3 is 5.97 Å². The molecular formula is C13H25NO2. The third-order valence-corrected chi connectivity index (χ3v) is 3.11. The van der Waals surface area contributed by atoms with Crippen LogP contribution in [0.15, 0.2) is 0 Å². The maximum atomic E-state index is 11.4. The van der Waals surface area contributed by atoms with Crippen molar-refractivity contribution in [1.29, 1.82) is 0 Å². The molecule has 1 aliphatic carbocycles. The van der Waals surface area contributed by atoms with Gasteiger partial charge in [-0.1, -0.05) is 13.3 Å². The molecule has 16 heavy (non-hydrogen) atoms. The van der Waals surface area contributed by atoms with E-state index in [9.17, 15) is 4.79 Å². The van der Waals surface area contributed by atoms with Gasteiger partial charge in [-0.05, 0) is 51.6 Å². The first-order chi connectivity index (χ1) is 7.84. The Morgan fingerprint density at radius 1 is 1.25 bits per heavy atom. The molecule has 1 rings (SSSR count). The number of rotatable bonds is 9. The second-order valence-corrected chi connectivity index (χ2v) is 4.61. The number of ether oxygens (including phenoxy) is 1. The minimum Gasteiger partial charge on any atom is -0.465 e. The molecule has 0 aromatic carbocycles. The van der Waals surface area contributed by atoms with E-state index in [1.54, 1.807) is 0 Å². The predicted octanol–water partition coefficient (Wildman–Crippen LogP) is 2.50. The summed E-state index contributed by atoms with van der Waals surface area (Å²) in [6.45, 7) is 4.98. The van der Waals surface area contributed by atoms with E-state index in [0.29, 0.717) is 6.61 Å². The average molecular weight is 227 g/mol. The van der Waals surface area contributed by atoms with Gasteiger partial charge in [0.1, 0.15) is 0 Å². The maximum Gasteiger partial charge on any atom is 0.308 e. The zero-order valence-electron chi connectivity index (χ0n) is 10.5. The number of esters is 1. The van der Waals surface area contributed by atoms with Crippen molar-refractivity contribution in [2.45, 2.75) is 51.9 Å². The summed E-state index contributed by atoms with van der Waals surface area (Å²) in [5, 5.41) is 3.36. The lowest BCUT2D eigenvalue weighted by Crippen LogP contribution is -2.24. The fourth-order valence-corrected chi connectivity index (χ4v) is 1.77. The largest absolute Gasteiger partial charge is 0.465 e. The zero-order chi connectivity index (χ0) is 11.6. The van der Waals surface area contributed by atoms with Crippen molar-refractivity contribution in [1.82, 2.24) is 5.32 Å². The van der Waals surface area contributed by atoms with Gasteiger partial charge in [-0.3, -0.25) is 4.79 Å². The lowest BCUT2D eigenvalue weighted by molar-refractivity contribution is -0.151. The Labute approximate surface area is 98.9 Å². The second-order valence-electron chi connectivity index (χ2n) is 4.61. The molecule has 0 unspecified atom stereocenters. The third-order valence-electron chi connectivity index (χ3n) is 3.11. The molecule has 1 aliphatic rings. The Balaban J connectivity index is 1.79. The second kappa shape index (κ2) is 8.57. The van der Waals surface area contributed by atoms with E-state index >= 15 is 0 Å². The third kappa shape index (κ3) is 5.50. The van der Waals surface area contributed by atoms with E-state index in [0.717, 1.165) is 38.8 Å². The predicted molar refractivity (Wildman–Crippen MR) is 65.3 cm³/mol. The van der Waals surface area contributed by atoms with Crippen LogP contribution in [0, 0.1) is 5.92 Å². The highest BCUT2D eigenvalue weighted by molar-refractivity contribution is 5.73. The Morgan fingerprint density at radius 3 is 2.69 bits per heavy atom. The minimum atomic E-state index is 0.0374. The minimum absolute atomic E-state index is 0.0374. The van der Waals surface area contributed by atoms with Crippen molar-refractivity contribution in [2.75, 3.05) is 19.7 Å². The van der Waals surface area contributed by atoms with Crippen molar-refractivity contribution in [3.05, 3.63) is 0 Å². The smallest absolute Gasteiger partial charge is 0.308 e. The summed E-state index contributed by atoms with van der Waals surface area (Å²) < 4.78 is 5.21. The molecule has 0 amide bonds. The normalized spacial score (nSPS) is 15.8. The van der Waals surface area contributed by atoms with Crippen molar-refractivity contribution in [2.24, 2.45) is 5.92 Å². The molecule has 3 nitrogen and oxygen atoms in total. The van der Waals surface area contributed by atoms with Crippen LogP contribution in [-0.2, 0) is 9.53 Å². The van der Waals surface area contributed by atoms with E-state index in [-0.39, 0.29) is 11.9 Å². The van der Waals surface area contributed by atoms with Crippen molar-refractivity contribution < 1.29 is 9.53 Å². The lowest BCUT2D eigenvalue weighted by atomic mass is 9.86. The zero-order valence-corrected chi connectivity index (χ0v) is 10.5. The number of carbonyl (C=O) groups excluding carboxylic acids is 1. The highest BCUT2D eigenvalue weighted by Gasteiger charge is 2.26. The molecule has 0 radical (unpaired) electrons. The van der Waals surface area contributed by atoms with Gasteiger partial charge in [-0.15, -0.1) is 0 Å². The monoisotopic (exact) mass is 227 g/mol. The Hall–Kier alpha value is -0.570. The lowest BCUT2D eigenvalue weighted by Gasteiger charge is -2.22. The molecule has 0 aromatic heterocycles. The van der Waals surface area contributed by atoms with Gasteiger partial charge < -0.3 is 10.1 Å². The Kier molecular flexibility index (Phi) is 7.23. The van der Waals surface area contributed by atoms with Crippen LogP contribution in [0.1, 0.15) is 51.9 Å². The highest BCUT2D eigenvalue weighted by Crippen LogP contribution is 2.27. The number of hydrogen-bond donors (Lipinski definition) is 1. The fourth-order valence-electron chi connectivity index (χ4n) is 1.77. The number of hydrogen-bond acceptors (Lipinski definition) is 3. The van der Waals surface area contributed by atoms with Crippen molar-refractivity contribution >= 4 is 5.97 Å². The first-order valence-corrected chi connectivity index (χ1v) is 6.72. The molecule has 1 N–H and O–H groups in total. The van der Waals surface area contributed by atoms with E-state index in [1.165, 1.54) is 19.3 Å². The number of nitrogens with one attached hydrogen (secondary N) is 1. The summed E-state index contributed by atoms with van der Waals surface area (Å²) in [6.07, 6.45) is 7.81. The van der Waals surface area contributed by atoms with Gasteiger partial charge in [0, 0.05) is 0 Å². The molecule has 0 heterocycles. The van der Waals surface area contributed by atoms with Crippen LogP contribution in [0.5, 0.6) is 0 Å². The molecule has 0 saturated heterocycles. The first-order valence-electron chi connectivity index (χ1n) is 6.72. The van der Waals surface area contributed by atoms with Gasteiger partial charge in [-0.25, -0.2) is 0 Å². The summed E-state index contributed by atoms with van der Waals surface area (Å²) in [7, 11) is 0. The van der Waals surface area contributed by atoms with Crippen molar-refractivity contribution in [3.63, 3.8) is 0 Å². The quantitative estimate of drug-likeness (QED) is 0.486. The molecule has 0 bridgehead atoms. The molecule has 94 valence electrons. The topological polar surface area (TPSA) is 38.3 Å². The van der Waals surface area contributed by atoms with E-state index < -0.39 is 0 Å². The summed E-state index contributed by atoms with van der Waals surface area (Å²) in [5.74, 6) is 0.265. The average Bonchev–Trinajstić information content (AvgIpc) is 2.19. The summed E-state index contributed by atoms with van der Waals surface area (Å²) in [4.78, 5) is 11.4. The fraction of sp³-hybridized carbons (Fsp3) is 0.923. The van der Waals surface area contributed by atoms with Crippen molar-refractivity contribution in [3.8, 4) is 0 Å². The molecule has 0 aromatic rings. The Bertz CT molecular complexity index is 190. The standard InChI is InChI=1S/C13H25NO2/c1-2-9-14-10-4-3-5-11-16-13(15)12-7-6-8-12/h12,14H,2-11H2,1H3. The SMILES string of the molecule is CCCNCCCCCOC(=O)C1CCC1. The van der Waals surface area contributed by atoms with Gasteiger partial charge in [0.2, 0.25) is 0 Å². The van der Waals surface area contributed by atoms with Gasteiger partial charge in [0.15, 0.2) is 0 Å². The van der Waals surface area contributed by atoms with E-state index in [2.05, 4.69) is 12.2 Å². The molecule has 0 atom stereocenters. The van der Waals surface area contributed by atoms with Crippen LogP contribution in [0.4, 0.5) is 0 Å². The number of unbranched alkanes of at least 4 members (excludes halogenated alkanes) is 2. The van der Waals surface area contributed by atoms with Crippen LogP contribution in [0.2, 0.25) is 0 Å². The van der Waals surface area contributed by atoms with E-state index in [4.69, 9.17) is 4.74 Å². The molecule has 0 aliphatic heterocycles. The first kappa shape index (κ1) is 13.5.